The van der Waals surface area contributed by atoms with Crippen molar-refractivity contribution >= 4 is 169 Å². The molecule has 125 heavy (non-hydrogen) atoms. The molecule has 0 bridgehead atoms. The molecule has 17 rings (SSSR count). The lowest BCUT2D eigenvalue weighted by Crippen LogP contribution is -2.30. The first kappa shape index (κ1) is 86.5. The van der Waals surface area contributed by atoms with Gasteiger partial charge >= 0.3 is 0 Å². The minimum Gasteiger partial charge on any atom is -0.355 e. The largest absolute Gasteiger partial charge is 0.355 e. The van der Waals surface area contributed by atoms with Crippen LogP contribution in [-0.2, 0) is 9.68 Å². The second-order valence-electron chi connectivity index (χ2n) is 26.3. The number of hydrogen-bond acceptors (Lipinski definition) is 20. The molecule has 0 unspecified atom stereocenters. The molecule has 0 spiro atoms. The highest BCUT2D eigenvalue weighted by molar-refractivity contribution is 8.00. The summed E-state index contributed by atoms with van der Waals surface area (Å²) in [6.45, 7) is 2.02. The molecule has 32 heteroatoms. The first-order valence-electron chi connectivity index (χ1n) is 38.2. The number of pyridine rings is 5. The standard InChI is InChI=1S/C26H19FN6OS.C23H19FN4O2S.C22H17FN4O2S.C22H17FN4OS/c27-20-7-5-8-23(25(20)26(34)33-32-24-9-2-4-15-29-24)35-18-11-12-19-21(30-31-22(19)16-18)13-10-17-6-1-3-14-28-17;1-2-30-28-23(29)22-18(24)7-5-8-21(22)31-16-10-11-17-19(26-27-20(17)14-16)12-9-15-6-3-4-13-25-15;1-29-27-22(28)21-17(23)6-4-7-20(21)30-15-9-10-16-18(25-26-19(16)13-15)11-8-14-5-2-3-12-24-14;1-24-22(28)21-17(23)6-4-7-20(21)29-15-9-10-16-18(26-27-19(16)13-15)11-8-14-5-2-3-12-25-14/h1-16H,(H,29,32)(H,30,31)(H,33,34);3-14H,2H2,1H3,(H,26,27)(H,28,29);2-13H,1H3,(H,25,26)(H,27,28);2-13H,1H3,(H,24,28)(H,26,27)/b13-10+;12-9+;2*11-8+. The number of hydroxylamine groups is 2. The number of benzene rings is 8. The van der Waals surface area contributed by atoms with E-state index in [9.17, 15) is 36.7 Å². The average Bonchev–Trinajstić information content (AvgIpc) is 1.65. The van der Waals surface area contributed by atoms with Gasteiger partial charge in [-0.25, -0.2) is 33.5 Å². The molecule has 0 aliphatic heterocycles. The molecular weight excluding hydrogens is 1670 g/mol. The van der Waals surface area contributed by atoms with E-state index in [1.165, 1.54) is 85.5 Å². The summed E-state index contributed by atoms with van der Waals surface area (Å²) < 4.78 is 57.4. The molecule has 0 saturated carbocycles. The van der Waals surface area contributed by atoms with Crippen molar-refractivity contribution in [2.24, 2.45) is 0 Å². The Kier molecular flexibility index (Phi) is 29.4. The number of carbonyl (C=O) groups excluding carboxylic acids is 4. The smallest absolute Gasteiger partial charge is 0.278 e. The number of nitrogens with one attached hydrogen (secondary N) is 9. The Morgan fingerprint density at radius 2 is 0.656 bits per heavy atom. The summed E-state index contributed by atoms with van der Waals surface area (Å²) in [5.74, 6) is -4.22. The van der Waals surface area contributed by atoms with Crippen LogP contribution in [0.15, 0.2) is 307 Å². The second-order valence-corrected chi connectivity index (χ2v) is 30.8. The molecule has 0 atom stereocenters. The lowest BCUT2D eigenvalue weighted by Gasteiger charge is -2.12. The highest BCUT2D eigenvalue weighted by Gasteiger charge is 2.23. The van der Waals surface area contributed by atoms with Crippen LogP contribution < -0.4 is 27.1 Å². The lowest BCUT2D eigenvalue weighted by molar-refractivity contribution is 0.0358. The van der Waals surface area contributed by atoms with Gasteiger partial charge in [0.25, 0.3) is 23.6 Å². The van der Waals surface area contributed by atoms with Crippen molar-refractivity contribution in [2.75, 3.05) is 26.2 Å². The number of amides is 4. The molecule has 0 fully saturated rings. The molecule has 0 aliphatic rings. The van der Waals surface area contributed by atoms with Crippen LogP contribution in [0.4, 0.5) is 23.4 Å². The zero-order valence-corrected chi connectivity index (χ0v) is 69.6. The topological polar surface area (TPSA) is 326 Å². The zero-order chi connectivity index (χ0) is 86.8. The second kappa shape index (κ2) is 42.5. The third-order valence-electron chi connectivity index (χ3n) is 18.1. The number of anilines is 1. The van der Waals surface area contributed by atoms with Crippen LogP contribution in [0.1, 0.15) is 93.9 Å². The molecule has 17 aromatic rings. The summed E-state index contributed by atoms with van der Waals surface area (Å²) in [4.78, 5) is 85.4. The summed E-state index contributed by atoms with van der Waals surface area (Å²) >= 11 is 5.20. The fourth-order valence-electron chi connectivity index (χ4n) is 12.2. The van der Waals surface area contributed by atoms with Crippen LogP contribution in [0.3, 0.4) is 0 Å². The first-order chi connectivity index (χ1) is 61.1. The Morgan fingerprint density at radius 1 is 0.352 bits per heavy atom. The maximum absolute atomic E-state index is 14.7. The lowest BCUT2D eigenvalue weighted by atomic mass is 10.2. The number of H-pyrrole nitrogens is 4. The molecule has 0 saturated heterocycles. The van der Waals surface area contributed by atoms with E-state index in [0.29, 0.717) is 25.4 Å². The number of rotatable bonds is 25. The third-order valence-corrected chi connectivity index (χ3v) is 22.3. The third kappa shape index (κ3) is 22.6. The molecule has 24 nitrogen and oxygen atoms in total. The van der Waals surface area contributed by atoms with Crippen LogP contribution in [-0.4, -0.2) is 110 Å². The Balaban J connectivity index is 0.000000136. The number of halogens is 4. The average molecular weight is 1740 g/mol. The van der Waals surface area contributed by atoms with E-state index in [4.69, 9.17) is 4.84 Å². The molecule has 0 radical (unpaired) electrons. The van der Waals surface area contributed by atoms with Crippen LogP contribution in [0.2, 0.25) is 0 Å². The maximum atomic E-state index is 14.7. The van der Waals surface area contributed by atoms with Crippen molar-refractivity contribution in [3.8, 4) is 0 Å². The Labute approximate surface area is 728 Å². The van der Waals surface area contributed by atoms with Crippen molar-refractivity contribution in [3.05, 3.63) is 359 Å². The summed E-state index contributed by atoms with van der Waals surface area (Å²) in [7, 11) is 2.79. The number of nitrogens with zero attached hydrogens (tertiary/aromatic N) is 9. The molecule has 4 amide bonds. The van der Waals surface area contributed by atoms with E-state index in [0.717, 1.165) is 109 Å². The van der Waals surface area contributed by atoms with Gasteiger partial charge in [0.1, 0.15) is 29.1 Å². The van der Waals surface area contributed by atoms with Crippen LogP contribution >= 0.6 is 47.0 Å². The Bertz CT molecular complexity index is 6790. The first-order valence-corrected chi connectivity index (χ1v) is 41.5. The normalized spacial score (nSPS) is 11.2. The van der Waals surface area contributed by atoms with Gasteiger partial charge in [0.05, 0.1) is 104 Å². The summed E-state index contributed by atoms with van der Waals surface area (Å²) in [6, 6.07) is 69.4. The highest BCUT2D eigenvalue weighted by atomic mass is 32.2. The van der Waals surface area contributed by atoms with Crippen molar-refractivity contribution in [1.29, 1.82) is 0 Å². The van der Waals surface area contributed by atoms with Gasteiger partial charge in [-0.15, -0.1) is 0 Å². The SMILES string of the molecule is CCONC(=O)c1c(F)cccc1Sc1ccc2c(/C=C/c3ccccn3)n[nH]c2c1.CNC(=O)c1c(F)cccc1Sc1ccc2c(/C=C/c3ccccn3)n[nH]c2c1.CONC(=O)c1c(F)cccc1Sc1ccc2c(/C=C/c3ccccn3)n[nH]c2c1.O=C(NNc1ccccn1)c1c(F)cccc1Sc1ccc2c(/C=C/c3ccccn3)n[nH]c2c1. The van der Waals surface area contributed by atoms with Crippen molar-refractivity contribution < 1.29 is 46.4 Å². The minimum absolute atomic E-state index is 0.0451. The van der Waals surface area contributed by atoms with Gasteiger partial charge in [-0.1, -0.05) is 102 Å². The minimum atomic E-state index is -0.636. The zero-order valence-electron chi connectivity index (χ0n) is 66.3. The molecule has 9 N–H and O–H groups in total. The number of hydrazine groups is 1. The fourth-order valence-corrected chi connectivity index (χ4v) is 16.2. The van der Waals surface area contributed by atoms with E-state index < -0.39 is 46.9 Å². The van der Waals surface area contributed by atoms with Crippen LogP contribution in [0.25, 0.3) is 92.2 Å². The Hall–Kier alpha value is -14.9. The molecular formula is C93H72F4N18O6S4. The number of aromatic amines is 4. The van der Waals surface area contributed by atoms with Crippen LogP contribution in [0.5, 0.6) is 0 Å². The fraction of sp³-hybridized carbons (Fsp3) is 0.0430. The Morgan fingerprint density at radius 3 is 0.944 bits per heavy atom. The molecule has 9 heterocycles. The van der Waals surface area contributed by atoms with Crippen molar-refractivity contribution in [1.82, 2.24) is 87.4 Å². The highest BCUT2D eigenvalue weighted by Crippen LogP contribution is 2.39. The van der Waals surface area contributed by atoms with E-state index >= 15 is 0 Å². The van der Waals surface area contributed by atoms with Gasteiger partial charge in [-0.05, 0) is 238 Å². The van der Waals surface area contributed by atoms with Gasteiger partial charge < -0.3 is 5.32 Å². The number of carbonyl (C=O) groups is 4. The maximum Gasteiger partial charge on any atom is 0.278 e. The van der Waals surface area contributed by atoms with Crippen molar-refractivity contribution in [3.63, 3.8) is 0 Å². The predicted molar refractivity (Wildman–Crippen MR) is 481 cm³/mol. The number of aromatic nitrogens is 13. The van der Waals surface area contributed by atoms with Gasteiger partial charge in [-0.2, -0.15) is 20.4 Å². The van der Waals surface area contributed by atoms with Crippen LogP contribution in [0, 0.1) is 23.3 Å². The molecule has 622 valence electrons. The van der Waals surface area contributed by atoms with E-state index in [1.807, 2.05) is 194 Å². The predicted octanol–water partition coefficient (Wildman–Crippen LogP) is 20.2. The van der Waals surface area contributed by atoms with E-state index in [1.54, 1.807) is 105 Å². The summed E-state index contributed by atoms with van der Waals surface area (Å²) in [5, 5.41) is 35.8. The quantitative estimate of drug-likeness (QED) is 0.0190. The van der Waals surface area contributed by atoms with Gasteiger partial charge in [-0.3, -0.25) is 80.0 Å². The summed E-state index contributed by atoms with van der Waals surface area (Å²) in [6.07, 6.45) is 23.7. The van der Waals surface area contributed by atoms with E-state index in [2.05, 4.69) is 97.7 Å². The number of fused-ring (bicyclic) bond motifs is 4. The van der Waals surface area contributed by atoms with E-state index in [-0.39, 0.29) is 28.9 Å². The number of hydrogen-bond donors (Lipinski definition) is 9. The monoisotopic (exact) mass is 1740 g/mol. The van der Waals surface area contributed by atoms with Gasteiger partial charge in [0.15, 0.2) is 0 Å². The molecule has 9 aromatic heterocycles. The van der Waals surface area contributed by atoms with Gasteiger partial charge in [0, 0.05) is 98.7 Å². The van der Waals surface area contributed by atoms with Crippen molar-refractivity contribution in [2.45, 2.75) is 46.1 Å². The summed E-state index contributed by atoms with van der Waals surface area (Å²) in [5.41, 5.74) is 19.4. The van der Waals surface area contributed by atoms with Gasteiger partial charge in [0.2, 0.25) is 0 Å². The molecule has 0 aliphatic carbocycles. The molecule has 8 aromatic carbocycles.